The molecule has 6 heteroatoms. The highest BCUT2D eigenvalue weighted by atomic mass is 32.1. The first-order chi connectivity index (χ1) is 12.1. The van der Waals surface area contributed by atoms with Crippen molar-refractivity contribution < 1.29 is 14.3 Å². The number of aryl methyl sites for hydroxylation is 1. The first kappa shape index (κ1) is 15.8. The van der Waals surface area contributed by atoms with Gasteiger partial charge in [0.2, 0.25) is 6.79 Å². The van der Waals surface area contributed by atoms with Gasteiger partial charge in [0.15, 0.2) is 11.5 Å². The SMILES string of the molecule is Cc1sc(-n2cccc2)c(C(=O)NCc2ccc3c(c2)OCO3)c1C. The van der Waals surface area contributed by atoms with Crippen molar-refractivity contribution in [2.45, 2.75) is 20.4 Å². The van der Waals surface area contributed by atoms with E-state index < -0.39 is 0 Å². The molecule has 0 bridgehead atoms. The van der Waals surface area contributed by atoms with Gasteiger partial charge in [0.25, 0.3) is 5.91 Å². The van der Waals surface area contributed by atoms with E-state index in [2.05, 4.69) is 5.32 Å². The zero-order valence-corrected chi connectivity index (χ0v) is 14.9. The molecule has 2 aromatic heterocycles. The Morgan fingerprint density at radius 3 is 2.76 bits per heavy atom. The lowest BCUT2D eigenvalue weighted by molar-refractivity contribution is 0.0950. The first-order valence-electron chi connectivity index (χ1n) is 8.03. The second-order valence-electron chi connectivity index (χ2n) is 5.92. The highest BCUT2D eigenvalue weighted by molar-refractivity contribution is 7.15. The predicted molar refractivity (Wildman–Crippen MR) is 96.9 cm³/mol. The van der Waals surface area contributed by atoms with Crippen LogP contribution in [0.3, 0.4) is 0 Å². The fourth-order valence-electron chi connectivity index (χ4n) is 2.85. The molecule has 3 aromatic rings. The largest absolute Gasteiger partial charge is 0.454 e. The van der Waals surface area contributed by atoms with Crippen LogP contribution in [0, 0.1) is 13.8 Å². The van der Waals surface area contributed by atoms with Crippen LogP contribution in [-0.2, 0) is 6.54 Å². The van der Waals surface area contributed by atoms with Crippen LogP contribution in [0.5, 0.6) is 11.5 Å². The minimum atomic E-state index is -0.0665. The molecule has 0 atom stereocenters. The van der Waals surface area contributed by atoms with Crippen LogP contribution in [0.15, 0.2) is 42.7 Å². The molecule has 0 spiro atoms. The van der Waals surface area contributed by atoms with Crippen molar-refractivity contribution in [2.75, 3.05) is 6.79 Å². The summed E-state index contributed by atoms with van der Waals surface area (Å²) in [6, 6.07) is 9.63. The Morgan fingerprint density at radius 1 is 1.20 bits per heavy atom. The van der Waals surface area contributed by atoms with Crippen LogP contribution in [0.4, 0.5) is 0 Å². The Kier molecular flexibility index (Phi) is 3.97. The van der Waals surface area contributed by atoms with Gasteiger partial charge in [-0.2, -0.15) is 0 Å². The van der Waals surface area contributed by atoms with Gasteiger partial charge in [-0.15, -0.1) is 11.3 Å². The maximum Gasteiger partial charge on any atom is 0.254 e. The van der Waals surface area contributed by atoms with E-state index in [4.69, 9.17) is 9.47 Å². The van der Waals surface area contributed by atoms with Crippen LogP contribution in [-0.4, -0.2) is 17.3 Å². The molecule has 4 rings (SSSR count). The van der Waals surface area contributed by atoms with Crippen molar-refractivity contribution >= 4 is 17.2 Å². The number of hydrogen-bond acceptors (Lipinski definition) is 4. The van der Waals surface area contributed by atoms with Gasteiger partial charge in [0.05, 0.1) is 5.56 Å². The molecule has 1 aliphatic rings. The van der Waals surface area contributed by atoms with Crippen molar-refractivity contribution in [3.05, 3.63) is 64.3 Å². The fraction of sp³-hybridized carbons (Fsp3) is 0.211. The van der Waals surface area contributed by atoms with Crippen molar-refractivity contribution in [3.63, 3.8) is 0 Å². The Labute approximate surface area is 149 Å². The average Bonchev–Trinajstić information content (AvgIpc) is 3.33. The lowest BCUT2D eigenvalue weighted by Crippen LogP contribution is -2.24. The number of ether oxygens (including phenoxy) is 2. The number of thiophene rings is 1. The summed E-state index contributed by atoms with van der Waals surface area (Å²) in [6.07, 6.45) is 3.92. The molecule has 0 fully saturated rings. The Morgan fingerprint density at radius 2 is 1.96 bits per heavy atom. The maximum atomic E-state index is 12.8. The summed E-state index contributed by atoms with van der Waals surface area (Å²) in [5, 5.41) is 3.97. The number of hydrogen-bond donors (Lipinski definition) is 1. The molecular weight excluding hydrogens is 336 g/mol. The van der Waals surface area contributed by atoms with Crippen molar-refractivity contribution in [1.29, 1.82) is 0 Å². The summed E-state index contributed by atoms with van der Waals surface area (Å²) in [4.78, 5) is 14.0. The molecule has 0 radical (unpaired) electrons. The topological polar surface area (TPSA) is 52.5 Å². The van der Waals surface area contributed by atoms with Gasteiger partial charge < -0.3 is 19.4 Å². The molecule has 0 saturated heterocycles. The quantitative estimate of drug-likeness (QED) is 0.775. The fourth-order valence-corrected chi connectivity index (χ4v) is 3.97. The lowest BCUT2D eigenvalue weighted by atomic mass is 10.1. The Balaban J connectivity index is 1.55. The van der Waals surface area contributed by atoms with Gasteiger partial charge in [-0.05, 0) is 49.2 Å². The van der Waals surface area contributed by atoms with Gasteiger partial charge in [0.1, 0.15) is 5.00 Å². The molecule has 1 amide bonds. The third kappa shape index (κ3) is 2.89. The van der Waals surface area contributed by atoms with Crippen LogP contribution < -0.4 is 14.8 Å². The van der Waals surface area contributed by atoms with Crippen molar-refractivity contribution in [3.8, 4) is 16.5 Å². The molecule has 5 nitrogen and oxygen atoms in total. The van der Waals surface area contributed by atoms with E-state index >= 15 is 0 Å². The molecule has 0 saturated carbocycles. The van der Waals surface area contributed by atoms with Crippen molar-refractivity contribution in [2.24, 2.45) is 0 Å². The van der Waals surface area contributed by atoms with Gasteiger partial charge in [-0.1, -0.05) is 6.07 Å². The number of carbonyl (C=O) groups is 1. The van der Waals surface area contributed by atoms with Crippen LogP contribution in [0.1, 0.15) is 26.4 Å². The van der Waals surface area contributed by atoms with E-state index in [0.717, 1.165) is 38.1 Å². The average molecular weight is 354 g/mol. The molecule has 1 aromatic carbocycles. The van der Waals surface area contributed by atoms with Gasteiger partial charge >= 0.3 is 0 Å². The molecule has 128 valence electrons. The zero-order valence-electron chi connectivity index (χ0n) is 14.0. The molecule has 1 N–H and O–H groups in total. The van der Waals surface area contributed by atoms with E-state index in [1.54, 1.807) is 11.3 Å². The van der Waals surface area contributed by atoms with Crippen LogP contribution in [0.25, 0.3) is 5.00 Å². The second kappa shape index (κ2) is 6.29. The van der Waals surface area contributed by atoms with Gasteiger partial charge in [-0.3, -0.25) is 4.79 Å². The number of aromatic nitrogens is 1. The normalized spacial score (nSPS) is 12.4. The summed E-state index contributed by atoms with van der Waals surface area (Å²) in [7, 11) is 0. The van der Waals surface area contributed by atoms with Crippen LogP contribution >= 0.6 is 11.3 Å². The number of benzene rings is 1. The van der Waals surface area contributed by atoms with Gasteiger partial charge in [0, 0.05) is 23.8 Å². The molecule has 3 heterocycles. The highest BCUT2D eigenvalue weighted by Crippen LogP contribution is 2.33. The molecule has 1 aliphatic heterocycles. The Bertz CT molecular complexity index is 929. The third-order valence-electron chi connectivity index (χ3n) is 4.32. The van der Waals surface area contributed by atoms with Crippen molar-refractivity contribution in [1.82, 2.24) is 9.88 Å². The summed E-state index contributed by atoms with van der Waals surface area (Å²) >= 11 is 1.63. The van der Waals surface area contributed by atoms with Gasteiger partial charge in [-0.25, -0.2) is 0 Å². The first-order valence-corrected chi connectivity index (χ1v) is 8.85. The number of nitrogens with zero attached hydrogens (tertiary/aromatic N) is 1. The van der Waals surface area contributed by atoms with E-state index in [0.29, 0.717) is 6.54 Å². The van der Waals surface area contributed by atoms with Crippen LogP contribution in [0.2, 0.25) is 0 Å². The number of amides is 1. The number of nitrogens with one attached hydrogen (secondary N) is 1. The number of rotatable bonds is 4. The maximum absolute atomic E-state index is 12.8. The Hall–Kier alpha value is -2.73. The highest BCUT2D eigenvalue weighted by Gasteiger charge is 2.20. The minimum Gasteiger partial charge on any atom is -0.454 e. The summed E-state index contributed by atoms with van der Waals surface area (Å²) in [6.45, 7) is 4.73. The predicted octanol–water partition coefficient (Wildman–Crippen LogP) is 3.81. The third-order valence-corrected chi connectivity index (χ3v) is 5.54. The second-order valence-corrected chi connectivity index (χ2v) is 7.13. The number of fused-ring (bicyclic) bond motifs is 1. The number of carbonyl (C=O) groups excluding carboxylic acids is 1. The van der Waals surface area contributed by atoms with E-state index in [1.165, 1.54) is 0 Å². The summed E-state index contributed by atoms with van der Waals surface area (Å²) in [5.41, 5.74) is 2.74. The summed E-state index contributed by atoms with van der Waals surface area (Å²) in [5.74, 6) is 1.40. The minimum absolute atomic E-state index is 0.0665. The molecule has 25 heavy (non-hydrogen) atoms. The van der Waals surface area contributed by atoms with E-state index in [9.17, 15) is 4.79 Å². The monoisotopic (exact) mass is 354 g/mol. The zero-order chi connectivity index (χ0) is 17.4. The standard InChI is InChI=1S/C19H18N2O3S/c1-12-13(2)25-19(21-7-3-4-8-21)17(12)18(22)20-10-14-5-6-15-16(9-14)24-11-23-15/h3-9H,10-11H2,1-2H3,(H,20,22). The summed E-state index contributed by atoms with van der Waals surface area (Å²) < 4.78 is 12.7. The smallest absolute Gasteiger partial charge is 0.254 e. The molecule has 0 aliphatic carbocycles. The molecule has 0 unspecified atom stereocenters. The lowest BCUT2D eigenvalue weighted by Gasteiger charge is -2.09. The molecular formula is C19H18N2O3S. The van der Waals surface area contributed by atoms with E-state index in [1.807, 2.05) is 61.1 Å². The van der Waals surface area contributed by atoms with E-state index in [-0.39, 0.29) is 12.7 Å².